The molecule has 1 amide bonds. The second-order valence-electron chi connectivity index (χ2n) is 3.02. The number of hydrogen-bond donors (Lipinski definition) is 3. The number of nitrogens with two attached hydrogens (primary N) is 1. The highest BCUT2D eigenvalue weighted by Gasteiger charge is 2.06. The first kappa shape index (κ1) is 11.2. The maximum absolute atomic E-state index is 11.0. The van der Waals surface area contributed by atoms with E-state index >= 15 is 0 Å². The molecule has 5 nitrogen and oxygen atoms in total. The van der Waals surface area contributed by atoms with Gasteiger partial charge in [0.1, 0.15) is 0 Å². The summed E-state index contributed by atoms with van der Waals surface area (Å²) in [6.07, 6.45) is 0. The van der Waals surface area contributed by atoms with E-state index in [1.807, 2.05) is 0 Å². The Morgan fingerprint density at radius 3 is 2.60 bits per heavy atom. The topological polar surface area (TPSA) is 92.4 Å². The van der Waals surface area contributed by atoms with Gasteiger partial charge in [0.25, 0.3) is 0 Å². The van der Waals surface area contributed by atoms with E-state index in [1.165, 1.54) is 0 Å². The lowest BCUT2D eigenvalue weighted by molar-refractivity contribution is -0.135. The number of benzene rings is 1. The van der Waals surface area contributed by atoms with E-state index in [0.717, 1.165) is 0 Å². The van der Waals surface area contributed by atoms with Gasteiger partial charge in [-0.05, 0) is 11.6 Å². The van der Waals surface area contributed by atoms with E-state index in [4.69, 9.17) is 10.8 Å². The van der Waals surface area contributed by atoms with Crippen LogP contribution >= 0.6 is 0 Å². The molecule has 1 aromatic carbocycles. The highest BCUT2D eigenvalue weighted by molar-refractivity contribution is 5.94. The van der Waals surface area contributed by atoms with Gasteiger partial charge in [-0.1, -0.05) is 18.2 Å². The molecule has 1 rings (SSSR count). The second-order valence-corrected chi connectivity index (χ2v) is 3.02. The highest BCUT2D eigenvalue weighted by Crippen LogP contribution is 2.07. The molecule has 0 aliphatic carbocycles. The summed E-state index contributed by atoms with van der Waals surface area (Å²) in [6.45, 7) is 0.165. The summed E-state index contributed by atoms with van der Waals surface area (Å²) in [5.74, 6) is -1.45. The van der Waals surface area contributed by atoms with Crippen molar-refractivity contribution in [2.75, 3.05) is 6.54 Å². The van der Waals surface area contributed by atoms with Gasteiger partial charge in [0.2, 0.25) is 5.91 Å². The summed E-state index contributed by atoms with van der Waals surface area (Å²) in [7, 11) is 0. The standard InChI is InChI=1S/C10H12N2O3/c11-10(15)8-4-2-1-3-7(8)5-12-6-9(13)14/h1-4,12H,5-6H2,(H2,11,15)(H,13,14). The van der Waals surface area contributed by atoms with Gasteiger partial charge >= 0.3 is 5.97 Å². The predicted octanol–water partition coefficient (Wildman–Crippen LogP) is -0.0403. The molecule has 0 aliphatic rings. The van der Waals surface area contributed by atoms with E-state index in [9.17, 15) is 9.59 Å². The number of nitrogens with one attached hydrogen (secondary N) is 1. The van der Waals surface area contributed by atoms with Gasteiger partial charge in [-0.2, -0.15) is 0 Å². The van der Waals surface area contributed by atoms with Crippen LogP contribution in [0.4, 0.5) is 0 Å². The van der Waals surface area contributed by atoms with Crippen molar-refractivity contribution in [3.63, 3.8) is 0 Å². The van der Waals surface area contributed by atoms with Crippen LogP contribution in [-0.2, 0) is 11.3 Å². The van der Waals surface area contributed by atoms with E-state index in [0.29, 0.717) is 17.7 Å². The molecular formula is C10H12N2O3. The Morgan fingerprint density at radius 2 is 2.00 bits per heavy atom. The number of amides is 1. The lowest BCUT2D eigenvalue weighted by Crippen LogP contribution is -2.24. The summed E-state index contributed by atoms with van der Waals surface area (Å²) in [6, 6.07) is 6.82. The largest absolute Gasteiger partial charge is 0.480 e. The molecule has 0 atom stereocenters. The van der Waals surface area contributed by atoms with Gasteiger partial charge in [0, 0.05) is 12.1 Å². The molecule has 80 valence electrons. The Kier molecular flexibility index (Phi) is 3.82. The fourth-order valence-electron chi connectivity index (χ4n) is 1.22. The first-order valence-corrected chi connectivity index (χ1v) is 4.41. The zero-order chi connectivity index (χ0) is 11.3. The number of carboxylic acid groups (broad SMARTS) is 1. The minimum Gasteiger partial charge on any atom is -0.480 e. The third-order valence-electron chi connectivity index (χ3n) is 1.87. The summed E-state index contributed by atoms with van der Waals surface area (Å²) >= 11 is 0. The van der Waals surface area contributed by atoms with E-state index in [2.05, 4.69) is 5.32 Å². The van der Waals surface area contributed by atoms with Crippen molar-refractivity contribution in [1.29, 1.82) is 0 Å². The maximum atomic E-state index is 11.0. The minimum absolute atomic E-state index is 0.146. The number of primary amides is 1. The smallest absolute Gasteiger partial charge is 0.317 e. The van der Waals surface area contributed by atoms with Crippen LogP contribution in [0.15, 0.2) is 24.3 Å². The van der Waals surface area contributed by atoms with Gasteiger partial charge < -0.3 is 16.2 Å². The lowest BCUT2D eigenvalue weighted by Gasteiger charge is -2.06. The Hall–Kier alpha value is -1.88. The molecule has 0 saturated heterocycles. The van der Waals surface area contributed by atoms with Crippen LogP contribution < -0.4 is 11.1 Å². The van der Waals surface area contributed by atoms with Crippen molar-refractivity contribution in [1.82, 2.24) is 5.32 Å². The molecule has 4 N–H and O–H groups in total. The van der Waals surface area contributed by atoms with Crippen LogP contribution in [-0.4, -0.2) is 23.5 Å². The molecule has 0 aliphatic heterocycles. The molecule has 0 fully saturated rings. The molecule has 0 radical (unpaired) electrons. The highest BCUT2D eigenvalue weighted by atomic mass is 16.4. The minimum atomic E-state index is -0.938. The predicted molar refractivity (Wildman–Crippen MR) is 54.3 cm³/mol. The first-order chi connectivity index (χ1) is 7.11. The van der Waals surface area contributed by atoms with Crippen LogP contribution in [0, 0.1) is 0 Å². The SMILES string of the molecule is NC(=O)c1ccccc1CNCC(=O)O. The molecule has 0 spiro atoms. The van der Waals surface area contributed by atoms with Crippen molar-refractivity contribution in [3.8, 4) is 0 Å². The van der Waals surface area contributed by atoms with Gasteiger partial charge in [0.05, 0.1) is 6.54 Å². The number of carbonyl (C=O) groups is 2. The average Bonchev–Trinajstić information content (AvgIpc) is 2.17. The Balaban J connectivity index is 2.67. The van der Waals surface area contributed by atoms with Gasteiger partial charge in [-0.15, -0.1) is 0 Å². The summed E-state index contributed by atoms with van der Waals surface area (Å²) in [5, 5.41) is 11.1. The third-order valence-corrected chi connectivity index (χ3v) is 1.87. The molecule has 0 heterocycles. The second kappa shape index (κ2) is 5.11. The molecule has 5 heteroatoms. The molecular weight excluding hydrogens is 196 g/mol. The zero-order valence-electron chi connectivity index (χ0n) is 8.06. The number of hydrogen-bond acceptors (Lipinski definition) is 3. The van der Waals surface area contributed by atoms with Crippen LogP contribution in [0.25, 0.3) is 0 Å². The van der Waals surface area contributed by atoms with Gasteiger partial charge in [0.15, 0.2) is 0 Å². The molecule has 0 aromatic heterocycles. The van der Waals surface area contributed by atoms with Crippen LogP contribution in [0.5, 0.6) is 0 Å². The van der Waals surface area contributed by atoms with Crippen LogP contribution in [0.2, 0.25) is 0 Å². The van der Waals surface area contributed by atoms with Crippen molar-refractivity contribution in [2.45, 2.75) is 6.54 Å². The monoisotopic (exact) mass is 208 g/mol. The normalized spacial score (nSPS) is 9.87. The van der Waals surface area contributed by atoms with Crippen LogP contribution in [0.1, 0.15) is 15.9 Å². The number of carboxylic acids is 1. The summed E-state index contributed by atoms with van der Waals surface area (Å²) in [4.78, 5) is 21.3. The van der Waals surface area contributed by atoms with E-state index in [-0.39, 0.29) is 6.54 Å². The number of aliphatic carboxylic acids is 1. The fourth-order valence-corrected chi connectivity index (χ4v) is 1.22. The van der Waals surface area contributed by atoms with Crippen molar-refractivity contribution < 1.29 is 14.7 Å². The summed E-state index contributed by atoms with van der Waals surface area (Å²) < 4.78 is 0. The lowest BCUT2D eigenvalue weighted by atomic mass is 10.1. The molecule has 0 saturated carbocycles. The van der Waals surface area contributed by atoms with E-state index in [1.54, 1.807) is 24.3 Å². The molecule has 1 aromatic rings. The summed E-state index contributed by atoms with van der Waals surface area (Å²) in [5.41, 5.74) is 6.28. The fraction of sp³-hybridized carbons (Fsp3) is 0.200. The molecule has 0 bridgehead atoms. The first-order valence-electron chi connectivity index (χ1n) is 4.41. The van der Waals surface area contributed by atoms with Gasteiger partial charge in [-0.25, -0.2) is 0 Å². The average molecular weight is 208 g/mol. The Labute approximate surface area is 86.9 Å². The zero-order valence-corrected chi connectivity index (χ0v) is 8.06. The van der Waals surface area contributed by atoms with Crippen molar-refractivity contribution in [2.24, 2.45) is 5.73 Å². The quantitative estimate of drug-likeness (QED) is 0.633. The van der Waals surface area contributed by atoms with Crippen LogP contribution in [0.3, 0.4) is 0 Å². The maximum Gasteiger partial charge on any atom is 0.317 e. The third kappa shape index (κ3) is 3.40. The molecule has 15 heavy (non-hydrogen) atoms. The molecule has 0 unspecified atom stereocenters. The van der Waals surface area contributed by atoms with Crippen molar-refractivity contribution >= 4 is 11.9 Å². The Morgan fingerprint density at radius 1 is 1.33 bits per heavy atom. The number of rotatable bonds is 5. The Bertz CT molecular complexity index is 377. The van der Waals surface area contributed by atoms with Gasteiger partial charge in [-0.3, -0.25) is 9.59 Å². The van der Waals surface area contributed by atoms with Crippen molar-refractivity contribution in [3.05, 3.63) is 35.4 Å². The number of carbonyl (C=O) groups excluding carboxylic acids is 1. The van der Waals surface area contributed by atoms with E-state index < -0.39 is 11.9 Å².